The number of halogens is 3. The summed E-state index contributed by atoms with van der Waals surface area (Å²) in [5, 5.41) is 0.514. The number of hydrogen-bond donors (Lipinski definition) is 1. The van der Waals surface area contributed by atoms with E-state index in [9.17, 15) is 4.79 Å². The van der Waals surface area contributed by atoms with Gasteiger partial charge in [0.25, 0.3) is 5.56 Å². The predicted octanol–water partition coefficient (Wildman–Crippen LogP) is 2.11. The molecule has 0 aromatic carbocycles. The van der Waals surface area contributed by atoms with Gasteiger partial charge in [0.1, 0.15) is 11.5 Å². The minimum absolute atomic E-state index is 0.0828. The van der Waals surface area contributed by atoms with Crippen molar-refractivity contribution in [2.75, 3.05) is 0 Å². The van der Waals surface area contributed by atoms with Crippen LogP contribution >= 0.6 is 56.8 Å². The van der Waals surface area contributed by atoms with Crippen molar-refractivity contribution in [1.82, 2.24) is 19.9 Å². The molecular weight excluding hydrogens is 457 g/mol. The third-order valence-electron chi connectivity index (χ3n) is 1.30. The Morgan fingerprint density at radius 1 is 1.19 bits per heavy atom. The van der Waals surface area contributed by atoms with E-state index in [1.54, 1.807) is 6.20 Å². The van der Waals surface area contributed by atoms with Crippen LogP contribution in [0.25, 0.3) is 0 Å². The standard InChI is InChI=1S/C4H2ClIN2.C4H3IN2O/c5-4-3(6)1-7-2-8-4;5-3-1-6-2-7-4(3)8/h1-2H;1-2H,(H,6,7,8). The predicted molar refractivity (Wildman–Crippen MR) is 77.3 cm³/mol. The summed E-state index contributed by atoms with van der Waals surface area (Å²) in [6.07, 6.45) is 5.96. The van der Waals surface area contributed by atoms with Crippen molar-refractivity contribution >= 4 is 56.8 Å². The molecule has 16 heavy (non-hydrogen) atoms. The summed E-state index contributed by atoms with van der Waals surface area (Å²) < 4.78 is 1.50. The lowest BCUT2D eigenvalue weighted by atomic mass is 10.7. The second kappa shape index (κ2) is 7.12. The van der Waals surface area contributed by atoms with Crippen LogP contribution in [-0.2, 0) is 0 Å². The van der Waals surface area contributed by atoms with Crippen LogP contribution in [0.4, 0.5) is 0 Å². The van der Waals surface area contributed by atoms with Crippen molar-refractivity contribution in [2.45, 2.75) is 0 Å². The third kappa shape index (κ3) is 4.70. The summed E-state index contributed by atoms with van der Waals surface area (Å²) in [7, 11) is 0. The molecule has 2 aromatic rings. The van der Waals surface area contributed by atoms with Gasteiger partial charge in [-0.15, -0.1) is 0 Å². The fraction of sp³-hybridized carbons (Fsp3) is 0. The zero-order valence-corrected chi connectivity index (χ0v) is 12.8. The van der Waals surface area contributed by atoms with E-state index < -0.39 is 0 Å². The van der Waals surface area contributed by atoms with Crippen molar-refractivity contribution < 1.29 is 0 Å². The topological polar surface area (TPSA) is 71.5 Å². The maximum absolute atomic E-state index is 10.5. The van der Waals surface area contributed by atoms with E-state index in [2.05, 4.69) is 42.5 Å². The lowest BCUT2D eigenvalue weighted by Crippen LogP contribution is -2.07. The average molecular weight is 462 g/mol. The summed E-state index contributed by atoms with van der Waals surface area (Å²) in [4.78, 5) is 24.1. The molecule has 0 bridgehead atoms. The van der Waals surface area contributed by atoms with Gasteiger partial charge in [-0.2, -0.15) is 0 Å². The SMILES string of the molecule is Clc1ncncc1I.O=c1[nH]cncc1I. The van der Waals surface area contributed by atoms with E-state index in [1.165, 1.54) is 18.9 Å². The molecule has 0 amide bonds. The molecule has 2 rings (SSSR count). The fourth-order valence-corrected chi connectivity index (χ4v) is 1.33. The van der Waals surface area contributed by atoms with Crippen LogP contribution in [0.15, 0.2) is 29.8 Å². The number of rotatable bonds is 0. The van der Waals surface area contributed by atoms with E-state index in [4.69, 9.17) is 11.6 Å². The second-order valence-electron chi connectivity index (χ2n) is 2.39. The molecule has 5 nitrogen and oxygen atoms in total. The lowest BCUT2D eigenvalue weighted by Gasteiger charge is -1.87. The average Bonchev–Trinajstić information content (AvgIpc) is 2.28. The molecule has 0 atom stereocenters. The summed E-state index contributed by atoms with van der Waals surface area (Å²) in [5.74, 6) is 0. The van der Waals surface area contributed by atoms with Gasteiger partial charge in [-0.1, -0.05) is 11.6 Å². The maximum Gasteiger partial charge on any atom is 0.264 e. The number of aromatic nitrogens is 4. The zero-order valence-electron chi connectivity index (χ0n) is 7.69. The molecular formula is C8H5ClI2N4O. The molecule has 8 heteroatoms. The molecule has 0 fully saturated rings. The number of H-pyrrole nitrogens is 1. The summed E-state index contributed by atoms with van der Waals surface area (Å²) in [5.41, 5.74) is -0.0828. The zero-order chi connectivity index (χ0) is 12.0. The summed E-state index contributed by atoms with van der Waals surface area (Å²) in [6.45, 7) is 0. The molecule has 1 N–H and O–H groups in total. The number of nitrogens with one attached hydrogen (secondary N) is 1. The Kier molecular flexibility index (Phi) is 6.13. The molecule has 84 valence electrons. The highest BCUT2D eigenvalue weighted by Gasteiger charge is 1.91. The number of nitrogens with zero attached hydrogens (tertiary/aromatic N) is 3. The molecule has 0 saturated carbocycles. The Labute approximate surface area is 123 Å². The van der Waals surface area contributed by atoms with Crippen molar-refractivity contribution in [1.29, 1.82) is 0 Å². The molecule has 0 radical (unpaired) electrons. The van der Waals surface area contributed by atoms with Gasteiger partial charge in [-0.25, -0.2) is 15.0 Å². The van der Waals surface area contributed by atoms with Gasteiger partial charge in [0.05, 0.1) is 13.5 Å². The second-order valence-corrected chi connectivity index (χ2v) is 5.07. The van der Waals surface area contributed by atoms with Gasteiger partial charge in [0.2, 0.25) is 0 Å². The van der Waals surface area contributed by atoms with Crippen LogP contribution in [0.5, 0.6) is 0 Å². The molecule has 0 saturated heterocycles. The quantitative estimate of drug-likeness (QED) is 0.481. The Hall–Kier alpha value is -0.290. The number of hydrogen-bond acceptors (Lipinski definition) is 4. The molecule has 0 aliphatic rings. The van der Waals surface area contributed by atoms with Gasteiger partial charge in [-0.3, -0.25) is 4.79 Å². The van der Waals surface area contributed by atoms with E-state index in [-0.39, 0.29) is 5.56 Å². The Bertz CT molecular complexity index is 498. The first-order valence-corrected chi connectivity index (χ1v) is 6.44. The van der Waals surface area contributed by atoms with Gasteiger partial charge in [-0.05, 0) is 45.2 Å². The summed E-state index contributed by atoms with van der Waals surface area (Å²) in [6, 6.07) is 0. The van der Waals surface area contributed by atoms with Crippen LogP contribution in [-0.4, -0.2) is 19.9 Å². The van der Waals surface area contributed by atoms with Gasteiger partial charge >= 0.3 is 0 Å². The highest BCUT2D eigenvalue weighted by Crippen LogP contribution is 2.11. The first kappa shape index (κ1) is 13.8. The van der Waals surface area contributed by atoms with Crippen LogP contribution in [0.1, 0.15) is 0 Å². The molecule has 0 spiro atoms. The molecule has 0 aliphatic heterocycles. The van der Waals surface area contributed by atoms with Gasteiger partial charge < -0.3 is 4.98 Å². The van der Waals surface area contributed by atoms with Crippen LogP contribution in [0.3, 0.4) is 0 Å². The highest BCUT2D eigenvalue weighted by molar-refractivity contribution is 14.1. The van der Waals surface area contributed by atoms with Crippen molar-refractivity contribution in [3.8, 4) is 0 Å². The van der Waals surface area contributed by atoms with E-state index in [0.717, 1.165) is 3.57 Å². The lowest BCUT2D eigenvalue weighted by molar-refractivity contribution is 1.10. The smallest absolute Gasteiger partial charge is 0.264 e. The Morgan fingerprint density at radius 3 is 2.25 bits per heavy atom. The van der Waals surface area contributed by atoms with Crippen LogP contribution < -0.4 is 5.56 Å². The van der Waals surface area contributed by atoms with Crippen LogP contribution in [0.2, 0.25) is 5.15 Å². The Morgan fingerprint density at radius 2 is 1.88 bits per heavy atom. The molecule has 2 heterocycles. The maximum atomic E-state index is 10.5. The minimum Gasteiger partial charge on any atom is -0.312 e. The van der Waals surface area contributed by atoms with Crippen molar-refractivity contribution in [3.63, 3.8) is 0 Å². The largest absolute Gasteiger partial charge is 0.312 e. The van der Waals surface area contributed by atoms with Gasteiger partial charge in [0.15, 0.2) is 0 Å². The minimum atomic E-state index is -0.0828. The van der Waals surface area contributed by atoms with Crippen LogP contribution in [0, 0.1) is 7.14 Å². The number of aromatic amines is 1. The highest BCUT2D eigenvalue weighted by atomic mass is 127. The van der Waals surface area contributed by atoms with E-state index >= 15 is 0 Å². The van der Waals surface area contributed by atoms with Gasteiger partial charge in [0, 0.05) is 12.4 Å². The molecule has 0 unspecified atom stereocenters. The fourth-order valence-electron chi connectivity index (χ4n) is 0.624. The van der Waals surface area contributed by atoms with Crippen molar-refractivity contribution in [3.05, 3.63) is 47.7 Å². The van der Waals surface area contributed by atoms with Crippen molar-refractivity contribution in [2.24, 2.45) is 0 Å². The molecule has 2 aromatic heterocycles. The summed E-state index contributed by atoms with van der Waals surface area (Å²) >= 11 is 9.54. The first-order valence-electron chi connectivity index (χ1n) is 3.90. The Balaban J connectivity index is 0.000000160. The third-order valence-corrected chi connectivity index (χ3v) is 3.48. The van der Waals surface area contributed by atoms with E-state index in [1.807, 2.05) is 22.6 Å². The normalized spacial score (nSPS) is 9.19. The van der Waals surface area contributed by atoms with E-state index in [0.29, 0.717) is 8.72 Å². The monoisotopic (exact) mass is 462 g/mol. The molecule has 0 aliphatic carbocycles. The first-order chi connectivity index (χ1) is 7.61.